The van der Waals surface area contributed by atoms with Gasteiger partial charge in [-0.05, 0) is 13.0 Å². The van der Waals surface area contributed by atoms with Crippen LogP contribution in [0.4, 0.5) is 10.3 Å². The average molecular weight is 244 g/mol. The molecule has 0 aliphatic rings. The summed E-state index contributed by atoms with van der Waals surface area (Å²) in [6.45, 7) is 1.63. The fourth-order valence-corrected chi connectivity index (χ4v) is 1.80. The summed E-state index contributed by atoms with van der Waals surface area (Å²) in [4.78, 5) is 7.55. The van der Waals surface area contributed by atoms with E-state index in [1.807, 2.05) is 0 Å². The quantitative estimate of drug-likeness (QED) is 0.651. The minimum atomic E-state index is -0.535. The largest absolute Gasteiger partial charge is 0.369 e. The van der Waals surface area contributed by atoms with Crippen molar-refractivity contribution in [3.8, 4) is 11.4 Å². The number of anilines is 1. The molecule has 3 heterocycles. The van der Waals surface area contributed by atoms with Gasteiger partial charge in [-0.15, -0.1) is 10.2 Å². The van der Waals surface area contributed by atoms with Gasteiger partial charge in [0.15, 0.2) is 11.5 Å². The third-order valence-electron chi connectivity index (χ3n) is 2.73. The van der Waals surface area contributed by atoms with E-state index in [0.29, 0.717) is 22.6 Å². The summed E-state index contributed by atoms with van der Waals surface area (Å²) in [7, 11) is 0. The summed E-state index contributed by atoms with van der Waals surface area (Å²) >= 11 is 0. The molecule has 0 radical (unpaired) electrons. The van der Waals surface area contributed by atoms with Gasteiger partial charge in [-0.25, -0.2) is 14.4 Å². The molecule has 0 saturated carbocycles. The number of pyridine rings is 1. The molecule has 0 atom stereocenters. The van der Waals surface area contributed by atoms with Crippen molar-refractivity contribution in [3.05, 3.63) is 36.0 Å². The van der Waals surface area contributed by atoms with E-state index in [-0.39, 0.29) is 5.95 Å². The number of rotatable bonds is 1. The highest BCUT2D eigenvalue weighted by Gasteiger charge is 2.14. The molecule has 6 nitrogen and oxygen atoms in total. The number of hydrogen-bond donors (Lipinski definition) is 1. The smallest absolute Gasteiger partial charge is 0.216 e. The fraction of sp³-hybridized carbons (Fsp3) is 0.0909. The molecule has 7 heteroatoms. The van der Waals surface area contributed by atoms with Crippen LogP contribution in [-0.4, -0.2) is 24.6 Å². The van der Waals surface area contributed by atoms with E-state index in [0.717, 1.165) is 0 Å². The average Bonchev–Trinajstić information content (AvgIpc) is 2.78. The molecule has 0 spiro atoms. The normalized spacial score (nSPS) is 11.0. The van der Waals surface area contributed by atoms with Gasteiger partial charge >= 0.3 is 0 Å². The van der Waals surface area contributed by atoms with E-state index in [9.17, 15) is 4.39 Å². The first-order valence-corrected chi connectivity index (χ1v) is 5.25. The van der Waals surface area contributed by atoms with Gasteiger partial charge in [0.2, 0.25) is 11.9 Å². The van der Waals surface area contributed by atoms with Crippen LogP contribution in [0.3, 0.4) is 0 Å². The highest BCUT2D eigenvalue weighted by Crippen LogP contribution is 2.23. The predicted octanol–water partition coefficient (Wildman–Crippen LogP) is 1.22. The Morgan fingerprint density at radius 2 is 1.94 bits per heavy atom. The van der Waals surface area contributed by atoms with Gasteiger partial charge in [0.1, 0.15) is 0 Å². The van der Waals surface area contributed by atoms with E-state index in [4.69, 9.17) is 5.73 Å². The minimum Gasteiger partial charge on any atom is -0.369 e. The molecule has 3 aromatic rings. The summed E-state index contributed by atoms with van der Waals surface area (Å²) in [5.74, 6) is 0.172. The van der Waals surface area contributed by atoms with Crippen LogP contribution in [0.2, 0.25) is 0 Å². The molecule has 0 aliphatic carbocycles. The molecule has 0 unspecified atom stereocenters. The lowest BCUT2D eigenvalue weighted by atomic mass is 10.1. The maximum absolute atomic E-state index is 13.5. The number of halogens is 1. The molecule has 0 fully saturated rings. The second kappa shape index (κ2) is 3.73. The van der Waals surface area contributed by atoms with Crippen LogP contribution in [-0.2, 0) is 0 Å². The number of nitrogen functional groups attached to an aromatic ring is 1. The lowest BCUT2D eigenvalue weighted by molar-refractivity contribution is 0.575. The lowest BCUT2D eigenvalue weighted by Crippen LogP contribution is -2.02. The fourth-order valence-electron chi connectivity index (χ4n) is 1.80. The first-order chi connectivity index (χ1) is 8.68. The topological polar surface area (TPSA) is 82.0 Å². The number of hydrogen-bond acceptors (Lipinski definition) is 5. The van der Waals surface area contributed by atoms with Crippen LogP contribution in [0, 0.1) is 12.9 Å². The Balaban J connectivity index is 2.36. The summed E-state index contributed by atoms with van der Waals surface area (Å²) in [6.07, 6.45) is 2.93. The van der Waals surface area contributed by atoms with Crippen molar-refractivity contribution in [1.29, 1.82) is 0 Å². The second-order valence-corrected chi connectivity index (χ2v) is 3.79. The van der Waals surface area contributed by atoms with Gasteiger partial charge < -0.3 is 5.73 Å². The minimum absolute atomic E-state index is 0.254. The van der Waals surface area contributed by atoms with Gasteiger partial charge in [0, 0.05) is 29.6 Å². The standard InChI is InChI=1S/C11H9FN6/c1-6-7(2-4-14-9(6)12)10-17-16-8-3-5-15-11(13)18(8)10/h2-5H,1H3,(H2,13,15). The Morgan fingerprint density at radius 3 is 2.78 bits per heavy atom. The van der Waals surface area contributed by atoms with E-state index in [1.165, 1.54) is 6.20 Å². The Labute approximate surface area is 101 Å². The Kier molecular flexibility index (Phi) is 2.19. The number of fused-ring (bicyclic) bond motifs is 1. The molecule has 3 rings (SSSR count). The highest BCUT2D eigenvalue weighted by molar-refractivity contribution is 5.64. The second-order valence-electron chi connectivity index (χ2n) is 3.79. The van der Waals surface area contributed by atoms with Gasteiger partial charge in [0.05, 0.1) is 0 Å². The molecule has 0 aliphatic heterocycles. The Bertz CT molecular complexity index is 735. The molecule has 0 saturated heterocycles. The number of nitrogens with zero attached hydrogens (tertiary/aromatic N) is 5. The van der Waals surface area contributed by atoms with Gasteiger partial charge in [0.25, 0.3) is 0 Å². The maximum atomic E-state index is 13.5. The Morgan fingerprint density at radius 1 is 1.17 bits per heavy atom. The number of aromatic nitrogens is 5. The summed E-state index contributed by atoms with van der Waals surface area (Å²) < 4.78 is 15.0. The summed E-state index contributed by atoms with van der Waals surface area (Å²) in [5.41, 5.74) is 7.34. The third kappa shape index (κ3) is 1.41. The molecule has 0 bridgehead atoms. The zero-order valence-corrected chi connectivity index (χ0v) is 9.50. The molecule has 3 aromatic heterocycles. The highest BCUT2D eigenvalue weighted by atomic mass is 19.1. The molecule has 18 heavy (non-hydrogen) atoms. The maximum Gasteiger partial charge on any atom is 0.216 e. The van der Waals surface area contributed by atoms with Crippen LogP contribution in [0.25, 0.3) is 17.0 Å². The molecule has 0 amide bonds. The van der Waals surface area contributed by atoms with Crippen molar-refractivity contribution in [1.82, 2.24) is 24.6 Å². The molecule has 0 aromatic carbocycles. The summed E-state index contributed by atoms with van der Waals surface area (Å²) in [6, 6.07) is 3.35. The van der Waals surface area contributed by atoms with E-state index in [2.05, 4.69) is 20.2 Å². The van der Waals surface area contributed by atoms with Crippen molar-refractivity contribution in [2.75, 3.05) is 5.73 Å². The summed E-state index contributed by atoms with van der Waals surface area (Å²) in [5, 5.41) is 8.00. The van der Waals surface area contributed by atoms with Crippen LogP contribution < -0.4 is 5.73 Å². The van der Waals surface area contributed by atoms with Gasteiger partial charge in [-0.2, -0.15) is 4.39 Å². The molecule has 90 valence electrons. The zero-order valence-electron chi connectivity index (χ0n) is 9.50. The van der Waals surface area contributed by atoms with Crippen molar-refractivity contribution in [2.45, 2.75) is 6.92 Å². The van der Waals surface area contributed by atoms with Crippen molar-refractivity contribution in [2.24, 2.45) is 0 Å². The molecular formula is C11H9FN6. The molecular weight excluding hydrogens is 235 g/mol. The van der Waals surface area contributed by atoms with Gasteiger partial charge in [-0.3, -0.25) is 0 Å². The van der Waals surface area contributed by atoms with Crippen LogP contribution in [0.15, 0.2) is 24.5 Å². The first-order valence-electron chi connectivity index (χ1n) is 5.25. The predicted molar refractivity (Wildman–Crippen MR) is 63.1 cm³/mol. The van der Waals surface area contributed by atoms with Crippen LogP contribution >= 0.6 is 0 Å². The lowest BCUT2D eigenvalue weighted by Gasteiger charge is -2.05. The van der Waals surface area contributed by atoms with Crippen LogP contribution in [0.5, 0.6) is 0 Å². The molecule has 2 N–H and O–H groups in total. The van der Waals surface area contributed by atoms with Crippen molar-refractivity contribution < 1.29 is 4.39 Å². The van der Waals surface area contributed by atoms with E-state index < -0.39 is 5.95 Å². The monoisotopic (exact) mass is 244 g/mol. The van der Waals surface area contributed by atoms with Gasteiger partial charge in [-0.1, -0.05) is 0 Å². The first kappa shape index (κ1) is 10.6. The Hall–Kier alpha value is -2.57. The van der Waals surface area contributed by atoms with Crippen LogP contribution in [0.1, 0.15) is 5.56 Å². The van der Waals surface area contributed by atoms with Crippen molar-refractivity contribution >= 4 is 11.6 Å². The zero-order chi connectivity index (χ0) is 12.7. The van der Waals surface area contributed by atoms with E-state index in [1.54, 1.807) is 29.7 Å². The van der Waals surface area contributed by atoms with E-state index >= 15 is 0 Å². The third-order valence-corrected chi connectivity index (χ3v) is 2.73. The SMILES string of the molecule is Cc1c(-c2nnc3ccnc(N)n23)ccnc1F. The number of nitrogens with two attached hydrogens (primary N) is 1. The van der Waals surface area contributed by atoms with Crippen molar-refractivity contribution in [3.63, 3.8) is 0 Å².